The van der Waals surface area contributed by atoms with Gasteiger partial charge in [0.15, 0.2) is 0 Å². The molecule has 132 valence electrons. The molecular weight excluding hydrogens is 341 g/mol. The zero-order valence-corrected chi connectivity index (χ0v) is 12.6. The van der Waals surface area contributed by atoms with Gasteiger partial charge in [0.25, 0.3) is 5.91 Å². The summed E-state index contributed by atoms with van der Waals surface area (Å²) in [5.41, 5.74) is 0.588. The summed E-state index contributed by atoms with van der Waals surface area (Å²) in [5.74, 6) is -3.16. The first-order valence-corrected chi connectivity index (χ1v) is 6.93. The number of anilines is 1. The van der Waals surface area contributed by atoms with E-state index in [1.807, 2.05) is 0 Å². The van der Waals surface area contributed by atoms with Crippen molar-refractivity contribution in [3.8, 4) is 11.5 Å². The van der Waals surface area contributed by atoms with Gasteiger partial charge < -0.3 is 20.8 Å². The number of halogens is 3. The molecule has 4 N–H and O–H groups in total. The summed E-state index contributed by atoms with van der Waals surface area (Å²) in [6, 6.07) is 8.83. The minimum atomic E-state index is -4.97. The molecule has 0 aliphatic carbocycles. The van der Waals surface area contributed by atoms with Crippen molar-refractivity contribution in [2.24, 2.45) is 0 Å². The van der Waals surface area contributed by atoms with Crippen LogP contribution in [0.1, 0.15) is 15.9 Å². The maximum absolute atomic E-state index is 12.1. The maximum atomic E-state index is 12.1. The summed E-state index contributed by atoms with van der Waals surface area (Å²) in [5, 5.41) is 22.9. The monoisotopic (exact) mass is 354 g/mol. The van der Waals surface area contributed by atoms with Gasteiger partial charge in [-0.3, -0.25) is 9.59 Å². The second-order valence-electron chi connectivity index (χ2n) is 5.07. The van der Waals surface area contributed by atoms with Gasteiger partial charge in [0.05, 0.1) is 0 Å². The highest BCUT2D eigenvalue weighted by Crippen LogP contribution is 2.21. The largest absolute Gasteiger partial charge is 0.508 e. The van der Waals surface area contributed by atoms with E-state index in [0.717, 1.165) is 6.07 Å². The van der Waals surface area contributed by atoms with Crippen LogP contribution in [0.25, 0.3) is 0 Å². The number of hydrogen-bond donors (Lipinski definition) is 4. The van der Waals surface area contributed by atoms with Gasteiger partial charge in [-0.15, -0.1) is 0 Å². The number of aromatic hydroxyl groups is 2. The summed E-state index contributed by atoms with van der Waals surface area (Å²) in [6.07, 6.45) is -4.97. The molecule has 2 aromatic carbocycles. The highest BCUT2D eigenvalue weighted by Gasteiger charge is 2.38. The first-order valence-electron chi connectivity index (χ1n) is 6.93. The number of nitrogens with one attached hydrogen (secondary N) is 2. The van der Waals surface area contributed by atoms with Crippen LogP contribution in [-0.2, 0) is 11.3 Å². The third kappa shape index (κ3) is 5.13. The lowest BCUT2D eigenvalue weighted by molar-refractivity contribution is -0.167. The highest BCUT2D eigenvalue weighted by atomic mass is 19.4. The number of carbonyl (C=O) groups is 2. The first kappa shape index (κ1) is 18.1. The Morgan fingerprint density at radius 2 is 1.52 bits per heavy atom. The van der Waals surface area contributed by atoms with Gasteiger partial charge in [0.1, 0.15) is 11.5 Å². The van der Waals surface area contributed by atoms with Gasteiger partial charge >= 0.3 is 12.1 Å². The van der Waals surface area contributed by atoms with E-state index in [1.54, 1.807) is 5.32 Å². The number of rotatable bonds is 4. The molecule has 0 saturated carbocycles. The summed E-state index contributed by atoms with van der Waals surface area (Å²) in [7, 11) is 0. The quantitative estimate of drug-likeness (QED) is 0.678. The van der Waals surface area contributed by atoms with Gasteiger partial charge in [-0.25, -0.2) is 0 Å². The Hall–Kier alpha value is -3.23. The number of hydrogen-bond acceptors (Lipinski definition) is 4. The first-order chi connectivity index (χ1) is 11.6. The molecule has 2 amide bonds. The van der Waals surface area contributed by atoms with Gasteiger partial charge in [-0.1, -0.05) is 12.1 Å². The third-order valence-corrected chi connectivity index (χ3v) is 3.09. The Kier molecular flexibility index (Phi) is 5.16. The zero-order valence-electron chi connectivity index (χ0n) is 12.6. The second kappa shape index (κ2) is 7.12. The van der Waals surface area contributed by atoms with Crippen molar-refractivity contribution in [2.75, 3.05) is 5.32 Å². The van der Waals surface area contributed by atoms with Gasteiger partial charge in [0.2, 0.25) is 0 Å². The molecule has 0 bridgehead atoms. The van der Waals surface area contributed by atoms with Crippen molar-refractivity contribution in [3.05, 3.63) is 53.6 Å². The molecule has 6 nitrogen and oxygen atoms in total. The summed E-state index contributed by atoms with van der Waals surface area (Å²) >= 11 is 0. The normalized spacial score (nSPS) is 11.0. The van der Waals surface area contributed by atoms with Crippen molar-refractivity contribution in [1.29, 1.82) is 0 Å². The number of alkyl halides is 3. The molecule has 0 heterocycles. The molecule has 2 aromatic rings. The van der Waals surface area contributed by atoms with E-state index in [9.17, 15) is 33.0 Å². The van der Waals surface area contributed by atoms with Crippen molar-refractivity contribution in [1.82, 2.24) is 5.32 Å². The lowest BCUT2D eigenvalue weighted by atomic mass is 10.1. The van der Waals surface area contributed by atoms with E-state index < -0.39 is 18.0 Å². The smallest absolute Gasteiger partial charge is 0.471 e. The van der Waals surface area contributed by atoms with Crippen molar-refractivity contribution in [2.45, 2.75) is 12.7 Å². The van der Waals surface area contributed by atoms with Crippen molar-refractivity contribution in [3.63, 3.8) is 0 Å². The topological polar surface area (TPSA) is 98.7 Å². The van der Waals surface area contributed by atoms with Crippen LogP contribution in [0, 0.1) is 0 Å². The Morgan fingerprint density at radius 3 is 2.04 bits per heavy atom. The van der Waals surface area contributed by atoms with E-state index in [0.29, 0.717) is 5.56 Å². The van der Waals surface area contributed by atoms with Crippen LogP contribution in [0.4, 0.5) is 18.9 Å². The third-order valence-electron chi connectivity index (χ3n) is 3.09. The van der Waals surface area contributed by atoms with E-state index in [1.165, 1.54) is 36.4 Å². The SMILES string of the molecule is O=C(NCc1ccc(NC(=O)C(F)(F)F)cc1)c1cc(O)cc(O)c1. The number of phenols is 2. The predicted octanol–water partition coefficient (Wildman–Crippen LogP) is 2.53. The zero-order chi connectivity index (χ0) is 18.6. The fourth-order valence-corrected chi connectivity index (χ4v) is 1.92. The number of benzene rings is 2. The molecule has 9 heteroatoms. The van der Waals surface area contributed by atoms with Gasteiger partial charge in [-0.2, -0.15) is 13.2 Å². The average molecular weight is 354 g/mol. The van der Waals surface area contributed by atoms with Crippen molar-refractivity contribution < 1.29 is 33.0 Å². The summed E-state index contributed by atoms with van der Waals surface area (Å²) in [4.78, 5) is 22.7. The molecule has 2 rings (SSSR count). The minimum absolute atomic E-state index is 0.0321. The molecule has 0 aromatic heterocycles. The number of carbonyl (C=O) groups excluding carboxylic acids is 2. The fraction of sp³-hybridized carbons (Fsp3) is 0.125. The van der Waals surface area contributed by atoms with E-state index in [4.69, 9.17) is 0 Å². The Labute approximate surface area is 139 Å². The van der Waals surface area contributed by atoms with E-state index in [-0.39, 0.29) is 29.3 Å². The van der Waals surface area contributed by atoms with E-state index in [2.05, 4.69) is 5.32 Å². The van der Waals surface area contributed by atoms with Gasteiger partial charge in [0, 0.05) is 23.9 Å². The molecular formula is C16H13F3N2O4. The van der Waals surface area contributed by atoms with Crippen molar-refractivity contribution >= 4 is 17.5 Å². The standard InChI is InChI=1S/C16H13F3N2O4/c17-16(18,19)15(25)21-11-3-1-9(2-4-11)8-20-14(24)10-5-12(22)7-13(23)6-10/h1-7,22-23H,8H2,(H,20,24)(H,21,25). The lowest BCUT2D eigenvalue weighted by Gasteiger charge is -2.09. The number of phenolic OH excluding ortho intramolecular Hbond substituents is 2. The average Bonchev–Trinajstić information content (AvgIpc) is 2.52. The molecule has 0 unspecified atom stereocenters. The van der Waals surface area contributed by atoms with Crippen LogP contribution >= 0.6 is 0 Å². The van der Waals surface area contributed by atoms with E-state index >= 15 is 0 Å². The Bertz CT molecular complexity index is 769. The Morgan fingerprint density at radius 1 is 0.960 bits per heavy atom. The van der Waals surface area contributed by atoms with Crippen LogP contribution in [0.5, 0.6) is 11.5 Å². The summed E-state index contributed by atoms with van der Waals surface area (Å²) in [6.45, 7) is 0.0583. The highest BCUT2D eigenvalue weighted by molar-refractivity contribution is 5.95. The Balaban J connectivity index is 1.95. The molecule has 0 saturated heterocycles. The minimum Gasteiger partial charge on any atom is -0.508 e. The molecule has 0 aliphatic heterocycles. The molecule has 0 atom stereocenters. The molecule has 25 heavy (non-hydrogen) atoms. The lowest BCUT2D eigenvalue weighted by Crippen LogP contribution is -2.29. The summed E-state index contributed by atoms with van der Waals surface area (Å²) < 4.78 is 36.4. The number of amides is 2. The van der Waals surface area contributed by atoms with Crippen LogP contribution in [0.2, 0.25) is 0 Å². The molecule has 0 spiro atoms. The fourth-order valence-electron chi connectivity index (χ4n) is 1.92. The van der Waals surface area contributed by atoms with Crippen LogP contribution in [-0.4, -0.2) is 28.2 Å². The van der Waals surface area contributed by atoms with Crippen LogP contribution in [0.3, 0.4) is 0 Å². The molecule has 0 aliphatic rings. The maximum Gasteiger partial charge on any atom is 0.471 e. The second-order valence-corrected chi connectivity index (χ2v) is 5.07. The van der Waals surface area contributed by atoms with Crippen LogP contribution < -0.4 is 10.6 Å². The van der Waals surface area contributed by atoms with Gasteiger partial charge in [-0.05, 0) is 29.8 Å². The predicted molar refractivity (Wildman–Crippen MR) is 82.1 cm³/mol. The molecule has 0 radical (unpaired) electrons. The molecule has 0 fully saturated rings. The van der Waals surface area contributed by atoms with Crippen LogP contribution in [0.15, 0.2) is 42.5 Å².